The van der Waals surface area contributed by atoms with Gasteiger partial charge < -0.3 is 0 Å². The van der Waals surface area contributed by atoms with Crippen molar-refractivity contribution in [2.24, 2.45) is 0 Å². The highest BCUT2D eigenvalue weighted by Gasteiger charge is 2.11. The lowest BCUT2D eigenvalue weighted by molar-refractivity contribution is 0.833. The zero-order valence-corrected chi connectivity index (χ0v) is 12.8. The van der Waals surface area contributed by atoms with Gasteiger partial charge in [0, 0.05) is 22.6 Å². The molecule has 0 aliphatic carbocycles. The lowest BCUT2D eigenvalue weighted by Crippen LogP contribution is -2.00. The number of nitrogens with zero attached hydrogens (tertiary/aromatic N) is 2. The predicted octanol–water partition coefficient (Wildman–Crippen LogP) is 5.02. The lowest BCUT2D eigenvalue weighted by atomic mass is 10.1. The third-order valence-electron chi connectivity index (χ3n) is 3.05. The van der Waals surface area contributed by atoms with Crippen LogP contribution in [0.15, 0.2) is 18.2 Å². The maximum absolute atomic E-state index is 6.19. The molecule has 0 aliphatic heterocycles. The molecule has 0 aliphatic rings. The minimum Gasteiger partial charge on any atom is -0.233 e. The van der Waals surface area contributed by atoms with Crippen LogP contribution in [0.5, 0.6) is 0 Å². The van der Waals surface area contributed by atoms with Crippen molar-refractivity contribution in [3.8, 4) is 11.3 Å². The van der Waals surface area contributed by atoms with Gasteiger partial charge in [0.1, 0.15) is 11.0 Å². The Morgan fingerprint density at radius 1 is 1.11 bits per heavy atom. The molecule has 1 aromatic carbocycles. The van der Waals surface area contributed by atoms with E-state index in [4.69, 9.17) is 23.2 Å². The molecule has 2 nitrogen and oxygen atoms in total. The van der Waals surface area contributed by atoms with Gasteiger partial charge in [0.05, 0.1) is 5.69 Å². The van der Waals surface area contributed by atoms with Crippen LogP contribution in [0.2, 0.25) is 10.2 Å². The van der Waals surface area contributed by atoms with Crippen molar-refractivity contribution < 1.29 is 0 Å². The number of rotatable bonds is 3. The van der Waals surface area contributed by atoms with Crippen molar-refractivity contribution in [2.45, 2.75) is 33.6 Å². The van der Waals surface area contributed by atoms with Crippen molar-refractivity contribution in [1.29, 1.82) is 0 Å². The van der Waals surface area contributed by atoms with Gasteiger partial charge in [0.2, 0.25) is 0 Å². The predicted molar refractivity (Wildman–Crippen MR) is 81.0 cm³/mol. The summed E-state index contributed by atoms with van der Waals surface area (Å²) in [5.41, 5.74) is 3.79. The molecule has 0 N–H and O–H groups in total. The van der Waals surface area contributed by atoms with Gasteiger partial charge >= 0.3 is 0 Å². The SMILES string of the molecule is CCCc1nc(Cl)c(C)c(-c2ccc(C)c(Cl)c2)n1. The second-order valence-electron chi connectivity index (χ2n) is 4.62. The molecular formula is C15H16Cl2N2. The number of aryl methyl sites for hydroxylation is 2. The van der Waals surface area contributed by atoms with E-state index in [-0.39, 0.29) is 0 Å². The molecule has 0 spiro atoms. The van der Waals surface area contributed by atoms with E-state index in [1.54, 1.807) is 0 Å². The minimum atomic E-state index is 0.519. The quantitative estimate of drug-likeness (QED) is 0.743. The molecule has 19 heavy (non-hydrogen) atoms. The van der Waals surface area contributed by atoms with Crippen LogP contribution in [0.4, 0.5) is 0 Å². The highest BCUT2D eigenvalue weighted by molar-refractivity contribution is 6.31. The van der Waals surface area contributed by atoms with E-state index >= 15 is 0 Å². The van der Waals surface area contributed by atoms with Crippen molar-refractivity contribution in [2.75, 3.05) is 0 Å². The standard InChI is InChI=1S/C15H16Cl2N2/c1-4-5-13-18-14(10(3)15(17)19-13)11-7-6-9(2)12(16)8-11/h6-8H,4-5H2,1-3H3. The fraction of sp³-hybridized carbons (Fsp3) is 0.333. The maximum Gasteiger partial charge on any atom is 0.136 e. The Hall–Kier alpha value is -1.12. The number of benzene rings is 1. The van der Waals surface area contributed by atoms with Crippen LogP contribution in [0, 0.1) is 13.8 Å². The van der Waals surface area contributed by atoms with E-state index in [1.807, 2.05) is 32.0 Å². The lowest BCUT2D eigenvalue weighted by Gasteiger charge is -2.10. The number of aromatic nitrogens is 2. The summed E-state index contributed by atoms with van der Waals surface area (Å²) >= 11 is 12.4. The molecule has 1 heterocycles. The summed E-state index contributed by atoms with van der Waals surface area (Å²) in [4.78, 5) is 8.92. The molecule has 2 rings (SSSR count). The average Bonchev–Trinajstić information content (AvgIpc) is 2.37. The number of hydrogen-bond donors (Lipinski definition) is 0. The molecule has 4 heteroatoms. The molecule has 0 bridgehead atoms. The van der Waals surface area contributed by atoms with Crippen LogP contribution in [0.1, 0.15) is 30.3 Å². The molecule has 0 saturated carbocycles. The van der Waals surface area contributed by atoms with Crippen molar-refractivity contribution in [1.82, 2.24) is 9.97 Å². The minimum absolute atomic E-state index is 0.519. The first-order chi connectivity index (χ1) is 9.02. The Bertz CT molecular complexity index is 609. The van der Waals surface area contributed by atoms with Gasteiger partial charge in [0.25, 0.3) is 0 Å². The molecule has 100 valence electrons. The summed E-state index contributed by atoms with van der Waals surface area (Å²) in [6, 6.07) is 5.94. The highest BCUT2D eigenvalue weighted by Crippen LogP contribution is 2.29. The summed E-state index contributed by atoms with van der Waals surface area (Å²) in [5, 5.41) is 1.26. The molecule has 1 aromatic heterocycles. The summed E-state index contributed by atoms with van der Waals surface area (Å²) in [5.74, 6) is 0.782. The van der Waals surface area contributed by atoms with E-state index in [9.17, 15) is 0 Å². The highest BCUT2D eigenvalue weighted by atomic mass is 35.5. The van der Waals surface area contributed by atoms with Crippen molar-refractivity contribution in [3.63, 3.8) is 0 Å². The average molecular weight is 295 g/mol. The first-order valence-electron chi connectivity index (χ1n) is 6.32. The first-order valence-corrected chi connectivity index (χ1v) is 7.08. The molecule has 0 unspecified atom stereocenters. The van der Waals surface area contributed by atoms with Crippen LogP contribution in [-0.4, -0.2) is 9.97 Å². The fourth-order valence-corrected chi connectivity index (χ4v) is 2.26. The van der Waals surface area contributed by atoms with E-state index < -0.39 is 0 Å². The van der Waals surface area contributed by atoms with Gasteiger partial charge in [-0.2, -0.15) is 0 Å². The van der Waals surface area contributed by atoms with Gasteiger partial charge in [0.15, 0.2) is 0 Å². The van der Waals surface area contributed by atoms with E-state index in [0.29, 0.717) is 5.15 Å². The van der Waals surface area contributed by atoms with Gasteiger partial charge in [-0.1, -0.05) is 42.3 Å². The maximum atomic E-state index is 6.19. The van der Waals surface area contributed by atoms with Crippen molar-refractivity contribution in [3.05, 3.63) is 45.3 Å². The fourth-order valence-electron chi connectivity index (χ4n) is 1.89. The van der Waals surface area contributed by atoms with E-state index in [2.05, 4.69) is 16.9 Å². The third-order valence-corrected chi connectivity index (χ3v) is 3.83. The Balaban J connectivity index is 2.56. The summed E-state index contributed by atoms with van der Waals surface area (Å²) < 4.78 is 0. The van der Waals surface area contributed by atoms with Crippen LogP contribution < -0.4 is 0 Å². The molecular weight excluding hydrogens is 279 g/mol. The Morgan fingerprint density at radius 2 is 1.84 bits per heavy atom. The number of halogens is 2. The normalized spacial score (nSPS) is 10.8. The monoisotopic (exact) mass is 294 g/mol. The van der Waals surface area contributed by atoms with Crippen LogP contribution >= 0.6 is 23.2 Å². The first kappa shape index (κ1) is 14.3. The Morgan fingerprint density at radius 3 is 2.47 bits per heavy atom. The zero-order valence-electron chi connectivity index (χ0n) is 11.3. The van der Waals surface area contributed by atoms with Crippen LogP contribution in [-0.2, 0) is 6.42 Å². The van der Waals surface area contributed by atoms with E-state index in [1.165, 1.54) is 0 Å². The van der Waals surface area contributed by atoms with Gasteiger partial charge in [-0.05, 0) is 31.9 Å². The van der Waals surface area contributed by atoms with Gasteiger partial charge in [-0.3, -0.25) is 0 Å². The largest absolute Gasteiger partial charge is 0.233 e. The Kier molecular flexibility index (Phi) is 4.43. The molecule has 0 amide bonds. The van der Waals surface area contributed by atoms with Crippen molar-refractivity contribution >= 4 is 23.2 Å². The third kappa shape index (κ3) is 3.07. The Labute approximate surface area is 123 Å². The summed E-state index contributed by atoms with van der Waals surface area (Å²) in [6.45, 7) is 6.01. The smallest absolute Gasteiger partial charge is 0.136 e. The molecule has 0 atom stereocenters. The molecule has 0 saturated heterocycles. The summed E-state index contributed by atoms with van der Waals surface area (Å²) in [6.07, 6.45) is 1.82. The second-order valence-corrected chi connectivity index (χ2v) is 5.38. The van der Waals surface area contributed by atoms with Gasteiger partial charge in [-0.15, -0.1) is 0 Å². The topological polar surface area (TPSA) is 25.8 Å². The molecule has 0 fully saturated rings. The summed E-state index contributed by atoms with van der Waals surface area (Å²) in [7, 11) is 0. The molecule has 0 radical (unpaired) electrons. The van der Waals surface area contributed by atoms with Crippen LogP contribution in [0.3, 0.4) is 0 Å². The second kappa shape index (κ2) is 5.89. The van der Waals surface area contributed by atoms with E-state index in [0.717, 1.165) is 46.1 Å². The number of hydrogen-bond acceptors (Lipinski definition) is 2. The molecule has 2 aromatic rings. The van der Waals surface area contributed by atoms with Gasteiger partial charge in [-0.25, -0.2) is 9.97 Å². The van der Waals surface area contributed by atoms with Crippen LogP contribution in [0.25, 0.3) is 11.3 Å². The zero-order chi connectivity index (χ0) is 14.0.